The fraction of sp³-hybridized carbons (Fsp3) is 0.211. The predicted molar refractivity (Wildman–Crippen MR) is 100 cm³/mol. The van der Waals surface area contributed by atoms with Crippen molar-refractivity contribution >= 4 is 22.5 Å². The SMILES string of the molecule is Cc1cc(Nc2cc3c(cn2)cnn3Cc2cc(F)ccc2F)nn1CCO. The molecule has 1 aromatic carbocycles. The second-order valence-electron chi connectivity index (χ2n) is 6.41. The molecule has 4 aromatic rings. The molecule has 4 rings (SSSR count). The molecule has 0 radical (unpaired) electrons. The Morgan fingerprint density at radius 2 is 1.93 bits per heavy atom. The number of aliphatic hydroxyl groups excluding tert-OH is 1. The molecule has 144 valence electrons. The number of aromatic nitrogens is 5. The van der Waals surface area contributed by atoms with Gasteiger partial charge in [-0.25, -0.2) is 13.8 Å². The van der Waals surface area contributed by atoms with Crippen LogP contribution in [0.3, 0.4) is 0 Å². The first-order valence-electron chi connectivity index (χ1n) is 8.71. The minimum Gasteiger partial charge on any atom is -0.394 e. The van der Waals surface area contributed by atoms with Crippen LogP contribution in [0.1, 0.15) is 11.3 Å². The van der Waals surface area contributed by atoms with Gasteiger partial charge >= 0.3 is 0 Å². The van der Waals surface area contributed by atoms with E-state index in [1.54, 1.807) is 27.8 Å². The predicted octanol–water partition coefficient (Wildman–Crippen LogP) is 3.00. The van der Waals surface area contributed by atoms with E-state index in [1.165, 1.54) is 6.07 Å². The van der Waals surface area contributed by atoms with Crippen molar-refractivity contribution in [2.24, 2.45) is 0 Å². The largest absolute Gasteiger partial charge is 0.394 e. The lowest BCUT2D eigenvalue weighted by Gasteiger charge is -2.07. The van der Waals surface area contributed by atoms with Crippen molar-refractivity contribution in [1.82, 2.24) is 24.5 Å². The van der Waals surface area contributed by atoms with Gasteiger partial charge < -0.3 is 10.4 Å². The smallest absolute Gasteiger partial charge is 0.153 e. The summed E-state index contributed by atoms with van der Waals surface area (Å²) in [5.74, 6) is 0.163. The number of nitrogens with zero attached hydrogens (tertiary/aromatic N) is 5. The van der Waals surface area contributed by atoms with E-state index >= 15 is 0 Å². The van der Waals surface area contributed by atoms with E-state index in [0.717, 1.165) is 28.7 Å². The number of halogens is 2. The van der Waals surface area contributed by atoms with Gasteiger partial charge in [0.15, 0.2) is 5.82 Å². The van der Waals surface area contributed by atoms with Crippen LogP contribution in [0.25, 0.3) is 10.9 Å². The summed E-state index contributed by atoms with van der Waals surface area (Å²) in [6.45, 7) is 2.40. The van der Waals surface area contributed by atoms with Crippen molar-refractivity contribution < 1.29 is 13.9 Å². The molecule has 2 N–H and O–H groups in total. The maximum atomic E-state index is 14.0. The van der Waals surface area contributed by atoms with E-state index in [0.29, 0.717) is 18.2 Å². The van der Waals surface area contributed by atoms with E-state index in [4.69, 9.17) is 5.11 Å². The van der Waals surface area contributed by atoms with Crippen LogP contribution in [0.2, 0.25) is 0 Å². The molecule has 0 aliphatic heterocycles. The summed E-state index contributed by atoms with van der Waals surface area (Å²) < 4.78 is 30.7. The highest BCUT2D eigenvalue weighted by molar-refractivity contribution is 5.81. The molecule has 0 saturated carbocycles. The molecule has 0 amide bonds. The second-order valence-corrected chi connectivity index (χ2v) is 6.41. The van der Waals surface area contributed by atoms with Gasteiger partial charge in [0, 0.05) is 35.0 Å². The number of rotatable bonds is 6. The van der Waals surface area contributed by atoms with Crippen molar-refractivity contribution in [3.63, 3.8) is 0 Å². The van der Waals surface area contributed by atoms with E-state index in [-0.39, 0.29) is 18.7 Å². The topological polar surface area (TPSA) is 80.8 Å². The van der Waals surface area contributed by atoms with E-state index < -0.39 is 11.6 Å². The van der Waals surface area contributed by atoms with Crippen molar-refractivity contribution in [3.05, 3.63) is 65.6 Å². The molecule has 28 heavy (non-hydrogen) atoms. The van der Waals surface area contributed by atoms with Crippen molar-refractivity contribution in [1.29, 1.82) is 0 Å². The quantitative estimate of drug-likeness (QED) is 0.534. The number of fused-ring (bicyclic) bond motifs is 1. The molecule has 9 heteroatoms. The average molecular weight is 384 g/mol. The summed E-state index contributed by atoms with van der Waals surface area (Å²) >= 11 is 0. The average Bonchev–Trinajstić information content (AvgIpc) is 3.22. The molecule has 0 saturated heterocycles. The molecule has 0 spiro atoms. The number of hydrogen-bond acceptors (Lipinski definition) is 5. The number of nitrogens with one attached hydrogen (secondary N) is 1. The van der Waals surface area contributed by atoms with Crippen molar-refractivity contribution in [2.75, 3.05) is 11.9 Å². The molecule has 0 bridgehead atoms. The lowest BCUT2D eigenvalue weighted by atomic mass is 10.2. The molecule has 0 aliphatic rings. The Labute approximate surface area is 159 Å². The first kappa shape index (κ1) is 18.1. The number of benzene rings is 1. The Kier molecular flexibility index (Phi) is 4.74. The molecule has 0 atom stereocenters. The van der Waals surface area contributed by atoms with Gasteiger partial charge in [0.2, 0.25) is 0 Å². The number of pyridine rings is 1. The lowest BCUT2D eigenvalue weighted by molar-refractivity contribution is 0.268. The highest BCUT2D eigenvalue weighted by atomic mass is 19.1. The van der Waals surface area contributed by atoms with E-state index in [2.05, 4.69) is 20.5 Å². The molecular formula is C19H18F2N6O. The number of aliphatic hydroxyl groups is 1. The number of aryl methyl sites for hydroxylation is 1. The fourth-order valence-corrected chi connectivity index (χ4v) is 3.02. The highest BCUT2D eigenvalue weighted by Crippen LogP contribution is 2.21. The molecule has 3 aromatic heterocycles. The third-order valence-corrected chi connectivity index (χ3v) is 4.40. The van der Waals surface area contributed by atoms with Gasteiger partial charge in [0.25, 0.3) is 0 Å². The van der Waals surface area contributed by atoms with E-state index in [9.17, 15) is 8.78 Å². The minimum atomic E-state index is -0.495. The van der Waals surface area contributed by atoms with Crippen LogP contribution in [0.5, 0.6) is 0 Å². The van der Waals surface area contributed by atoms with Gasteiger partial charge in [-0.1, -0.05) is 0 Å². The summed E-state index contributed by atoms with van der Waals surface area (Å²) in [7, 11) is 0. The Balaban J connectivity index is 1.62. The third kappa shape index (κ3) is 3.56. The third-order valence-electron chi connectivity index (χ3n) is 4.40. The van der Waals surface area contributed by atoms with Crippen LogP contribution < -0.4 is 5.32 Å². The first-order valence-corrected chi connectivity index (χ1v) is 8.71. The summed E-state index contributed by atoms with van der Waals surface area (Å²) in [5.41, 5.74) is 1.85. The normalized spacial score (nSPS) is 11.3. The lowest BCUT2D eigenvalue weighted by Crippen LogP contribution is -2.06. The molecule has 0 fully saturated rings. The molecule has 7 nitrogen and oxygen atoms in total. The number of hydrogen-bond donors (Lipinski definition) is 2. The van der Waals surface area contributed by atoms with Crippen LogP contribution in [0.15, 0.2) is 42.7 Å². The first-order chi connectivity index (χ1) is 13.5. The van der Waals surface area contributed by atoms with Crippen molar-refractivity contribution in [2.45, 2.75) is 20.0 Å². The highest BCUT2D eigenvalue weighted by Gasteiger charge is 2.11. The minimum absolute atomic E-state index is 0.00198. The van der Waals surface area contributed by atoms with Crippen molar-refractivity contribution in [3.8, 4) is 0 Å². The standard InChI is InChI=1S/C19H18F2N6O/c1-12-6-19(25-26(12)4-5-28)24-18-8-17-14(9-22-18)10-23-27(17)11-13-7-15(20)2-3-16(13)21/h2-3,6-10,28H,4-5,11H2,1H3,(H,22,24,25). The maximum Gasteiger partial charge on any atom is 0.153 e. The van der Waals surface area contributed by atoms with Gasteiger partial charge in [0.1, 0.15) is 17.5 Å². The van der Waals surface area contributed by atoms with E-state index in [1.807, 2.05) is 13.0 Å². The molecular weight excluding hydrogens is 366 g/mol. The van der Waals surface area contributed by atoms with Crippen LogP contribution in [0.4, 0.5) is 20.4 Å². The zero-order valence-electron chi connectivity index (χ0n) is 15.1. The second kappa shape index (κ2) is 7.35. The van der Waals surface area contributed by atoms with Gasteiger partial charge in [-0.3, -0.25) is 9.36 Å². The van der Waals surface area contributed by atoms with Crippen LogP contribution in [-0.4, -0.2) is 36.3 Å². The Bertz CT molecular complexity index is 1140. The van der Waals surface area contributed by atoms with Gasteiger partial charge in [0.05, 0.1) is 31.4 Å². The molecule has 0 aliphatic carbocycles. The zero-order valence-corrected chi connectivity index (χ0v) is 15.1. The van der Waals surface area contributed by atoms with Crippen LogP contribution in [0, 0.1) is 18.6 Å². The maximum absolute atomic E-state index is 14.0. The van der Waals surface area contributed by atoms with Gasteiger partial charge in [-0.2, -0.15) is 10.2 Å². The zero-order chi connectivity index (χ0) is 19.7. The summed E-state index contributed by atoms with van der Waals surface area (Å²) in [6, 6.07) is 6.99. The Morgan fingerprint density at radius 1 is 1.07 bits per heavy atom. The van der Waals surface area contributed by atoms with Gasteiger partial charge in [-0.05, 0) is 25.1 Å². The molecule has 3 heterocycles. The monoisotopic (exact) mass is 384 g/mol. The molecule has 0 unspecified atom stereocenters. The Morgan fingerprint density at radius 3 is 2.75 bits per heavy atom. The summed E-state index contributed by atoms with van der Waals surface area (Å²) in [4.78, 5) is 4.34. The Hall–Kier alpha value is -3.33. The van der Waals surface area contributed by atoms with Crippen LogP contribution in [-0.2, 0) is 13.1 Å². The number of anilines is 2. The summed E-state index contributed by atoms with van der Waals surface area (Å²) in [5, 5.41) is 21.6. The summed E-state index contributed by atoms with van der Waals surface area (Å²) in [6.07, 6.45) is 3.28. The van der Waals surface area contributed by atoms with Crippen LogP contribution >= 0.6 is 0 Å². The fourth-order valence-electron chi connectivity index (χ4n) is 3.02. The van der Waals surface area contributed by atoms with Gasteiger partial charge in [-0.15, -0.1) is 0 Å².